The molecule has 0 saturated heterocycles. The average Bonchev–Trinajstić information content (AvgIpc) is 2.39. The molecular formula is C19H26FN. The third kappa shape index (κ3) is 2.42. The van der Waals surface area contributed by atoms with Crippen LogP contribution in [0.3, 0.4) is 0 Å². The van der Waals surface area contributed by atoms with Crippen LogP contribution in [0.15, 0.2) is 18.2 Å². The normalized spacial score (nSPS) is 38.7. The van der Waals surface area contributed by atoms with Gasteiger partial charge in [0.2, 0.25) is 0 Å². The Bertz CT molecular complexity index is 515. The average molecular weight is 287 g/mol. The summed E-state index contributed by atoms with van der Waals surface area (Å²) in [6, 6.07) is 5.53. The zero-order valence-electron chi connectivity index (χ0n) is 12.9. The number of halogens is 1. The van der Waals surface area contributed by atoms with Crippen molar-refractivity contribution in [1.29, 1.82) is 0 Å². The van der Waals surface area contributed by atoms with Crippen molar-refractivity contribution in [2.45, 2.75) is 57.9 Å². The molecule has 2 heteroatoms. The first-order chi connectivity index (χ1) is 10.0. The number of nitrogens with two attached hydrogens (primary N) is 1. The lowest BCUT2D eigenvalue weighted by molar-refractivity contribution is -0.0605. The van der Waals surface area contributed by atoms with Crippen LogP contribution in [0.25, 0.3) is 0 Å². The van der Waals surface area contributed by atoms with E-state index in [0.29, 0.717) is 11.0 Å². The Labute approximate surface area is 127 Å². The summed E-state index contributed by atoms with van der Waals surface area (Å²) in [6.45, 7) is 1.81. The predicted molar refractivity (Wildman–Crippen MR) is 83.3 cm³/mol. The maximum atomic E-state index is 13.8. The fraction of sp³-hybridized carbons (Fsp3) is 0.684. The molecule has 0 aliphatic heterocycles. The van der Waals surface area contributed by atoms with Crippen molar-refractivity contribution in [3.8, 4) is 0 Å². The van der Waals surface area contributed by atoms with Crippen LogP contribution < -0.4 is 5.73 Å². The van der Waals surface area contributed by atoms with Crippen molar-refractivity contribution in [3.63, 3.8) is 0 Å². The van der Waals surface area contributed by atoms with Gasteiger partial charge < -0.3 is 5.73 Å². The zero-order chi connectivity index (χ0) is 14.6. The highest BCUT2D eigenvalue weighted by atomic mass is 19.1. The number of benzene rings is 1. The maximum Gasteiger partial charge on any atom is 0.126 e. The van der Waals surface area contributed by atoms with Gasteiger partial charge in [0.15, 0.2) is 0 Å². The molecule has 1 atom stereocenters. The molecule has 114 valence electrons. The Kier molecular flexibility index (Phi) is 3.15. The second kappa shape index (κ2) is 4.81. The lowest BCUT2D eigenvalue weighted by Crippen LogP contribution is -2.47. The highest BCUT2D eigenvalue weighted by molar-refractivity contribution is 5.26. The summed E-state index contributed by atoms with van der Waals surface area (Å²) >= 11 is 0. The molecule has 1 nitrogen and oxygen atoms in total. The molecule has 0 amide bonds. The first-order valence-corrected chi connectivity index (χ1v) is 8.55. The number of rotatable bonds is 3. The van der Waals surface area contributed by atoms with E-state index in [9.17, 15) is 4.39 Å². The van der Waals surface area contributed by atoms with Gasteiger partial charge in [0.1, 0.15) is 5.82 Å². The third-order valence-corrected chi connectivity index (χ3v) is 6.44. The first kappa shape index (κ1) is 13.8. The maximum absolute atomic E-state index is 13.8. The van der Waals surface area contributed by atoms with Gasteiger partial charge >= 0.3 is 0 Å². The molecule has 4 aliphatic carbocycles. The van der Waals surface area contributed by atoms with Crippen molar-refractivity contribution in [2.75, 3.05) is 0 Å². The molecule has 4 aliphatic rings. The SMILES string of the molecule is Cc1ccc(C(N)CC23CC4CC(CC(C4)C2)C3)cc1F. The highest BCUT2D eigenvalue weighted by Gasteiger charge is 2.51. The zero-order valence-corrected chi connectivity index (χ0v) is 12.9. The van der Waals surface area contributed by atoms with Crippen molar-refractivity contribution < 1.29 is 4.39 Å². The minimum absolute atomic E-state index is 0.00338. The van der Waals surface area contributed by atoms with E-state index >= 15 is 0 Å². The van der Waals surface area contributed by atoms with Gasteiger partial charge in [0.05, 0.1) is 0 Å². The van der Waals surface area contributed by atoms with Crippen LogP contribution in [0.2, 0.25) is 0 Å². The Hall–Kier alpha value is -0.890. The van der Waals surface area contributed by atoms with Crippen molar-refractivity contribution in [1.82, 2.24) is 0 Å². The fourth-order valence-electron chi connectivity index (χ4n) is 5.96. The van der Waals surface area contributed by atoms with Crippen LogP contribution in [0.4, 0.5) is 4.39 Å². The second-order valence-electron chi connectivity index (χ2n) is 8.24. The summed E-state index contributed by atoms with van der Waals surface area (Å²) in [4.78, 5) is 0. The first-order valence-electron chi connectivity index (χ1n) is 8.55. The Morgan fingerprint density at radius 3 is 2.24 bits per heavy atom. The van der Waals surface area contributed by atoms with E-state index in [0.717, 1.165) is 29.7 Å². The topological polar surface area (TPSA) is 26.0 Å². The molecule has 1 unspecified atom stereocenters. The lowest BCUT2D eigenvalue weighted by Gasteiger charge is -2.57. The van der Waals surface area contributed by atoms with Crippen LogP contribution in [-0.4, -0.2) is 0 Å². The number of hydrogen-bond donors (Lipinski definition) is 1. The molecule has 1 aromatic rings. The monoisotopic (exact) mass is 287 g/mol. The van der Waals surface area contributed by atoms with E-state index in [2.05, 4.69) is 0 Å². The summed E-state index contributed by atoms with van der Waals surface area (Å²) < 4.78 is 13.8. The van der Waals surface area contributed by atoms with E-state index in [-0.39, 0.29) is 11.9 Å². The van der Waals surface area contributed by atoms with E-state index < -0.39 is 0 Å². The van der Waals surface area contributed by atoms with Gasteiger partial charge in [-0.05, 0) is 92.2 Å². The molecule has 4 saturated carbocycles. The van der Waals surface area contributed by atoms with E-state index in [1.807, 2.05) is 19.1 Å². The van der Waals surface area contributed by atoms with Gasteiger partial charge in [0, 0.05) is 6.04 Å². The van der Waals surface area contributed by atoms with E-state index in [4.69, 9.17) is 5.73 Å². The van der Waals surface area contributed by atoms with Crippen LogP contribution in [0.5, 0.6) is 0 Å². The summed E-state index contributed by atoms with van der Waals surface area (Å²) in [7, 11) is 0. The molecule has 2 N–H and O–H groups in total. The molecule has 4 bridgehead atoms. The molecule has 0 heterocycles. The third-order valence-electron chi connectivity index (χ3n) is 6.44. The lowest BCUT2D eigenvalue weighted by atomic mass is 9.48. The van der Waals surface area contributed by atoms with Crippen LogP contribution >= 0.6 is 0 Å². The second-order valence-corrected chi connectivity index (χ2v) is 8.24. The van der Waals surface area contributed by atoms with E-state index in [1.54, 1.807) is 6.07 Å². The van der Waals surface area contributed by atoms with Crippen molar-refractivity contribution in [3.05, 3.63) is 35.1 Å². The van der Waals surface area contributed by atoms with Crippen LogP contribution in [0.1, 0.15) is 62.1 Å². The highest BCUT2D eigenvalue weighted by Crippen LogP contribution is 2.62. The van der Waals surface area contributed by atoms with Gasteiger partial charge in [-0.15, -0.1) is 0 Å². The molecule has 0 aromatic heterocycles. The number of aryl methyl sites for hydroxylation is 1. The molecule has 0 spiro atoms. The molecule has 0 radical (unpaired) electrons. The molecule has 4 fully saturated rings. The summed E-state index contributed by atoms with van der Waals surface area (Å²) in [5, 5.41) is 0. The summed E-state index contributed by atoms with van der Waals surface area (Å²) in [5.41, 5.74) is 8.63. The predicted octanol–water partition coefficient (Wildman–Crippen LogP) is 4.74. The van der Waals surface area contributed by atoms with Crippen molar-refractivity contribution >= 4 is 0 Å². The van der Waals surface area contributed by atoms with Gasteiger partial charge in [-0.1, -0.05) is 12.1 Å². The quantitative estimate of drug-likeness (QED) is 0.853. The largest absolute Gasteiger partial charge is 0.324 e. The van der Waals surface area contributed by atoms with E-state index in [1.165, 1.54) is 38.5 Å². The molecule has 21 heavy (non-hydrogen) atoms. The van der Waals surface area contributed by atoms with Gasteiger partial charge in [-0.25, -0.2) is 4.39 Å². The Balaban J connectivity index is 1.53. The minimum atomic E-state index is -0.117. The Morgan fingerprint density at radius 1 is 1.14 bits per heavy atom. The van der Waals surface area contributed by atoms with Crippen molar-refractivity contribution in [2.24, 2.45) is 28.9 Å². The van der Waals surface area contributed by atoms with Gasteiger partial charge in [-0.2, -0.15) is 0 Å². The van der Waals surface area contributed by atoms with Gasteiger partial charge in [-0.3, -0.25) is 0 Å². The van der Waals surface area contributed by atoms with Crippen LogP contribution in [-0.2, 0) is 0 Å². The number of hydrogen-bond acceptors (Lipinski definition) is 1. The summed E-state index contributed by atoms with van der Waals surface area (Å²) in [5.74, 6) is 2.75. The standard InChI is InChI=1S/C19H26FN/c1-12-2-3-16(7-17(12)20)18(21)11-19-8-13-4-14(9-19)6-15(5-13)10-19/h2-3,7,13-15,18H,4-6,8-11,21H2,1H3. The Morgan fingerprint density at radius 2 is 1.71 bits per heavy atom. The molecular weight excluding hydrogens is 261 g/mol. The minimum Gasteiger partial charge on any atom is -0.324 e. The fourth-order valence-corrected chi connectivity index (χ4v) is 5.96. The summed E-state index contributed by atoms with van der Waals surface area (Å²) in [6.07, 6.45) is 9.58. The van der Waals surface area contributed by atoms with Gasteiger partial charge in [0.25, 0.3) is 0 Å². The molecule has 5 rings (SSSR count). The smallest absolute Gasteiger partial charge is 0.126 e. The van der Waals surface area contributed by atoms with Crippen LogP contribution in [0, 0.1) is 35.9 Å². The molecule has 1 aromatic carbocycles.